The van der Waals surface area contributed by atoms with Gasteiger partial charge < -0.3 is 0 Å². The monoisotopic (exact) mass is 513 g/mol. The molecule has 0 amide bonds. The maximum Gasteiger partial charge on any atom is 0.314 e. The minimum Gasteiger partial charge on any atom is -0.258 e. The highest BCUT2D eigenvalue weighted by molar-refractivity contribution is 5.83. The summed E-state index contributed by atoms with van der Waals surface area (Å²) < 4.78 is 0. The van der Waals surface area contributed by atoms with E-state index < -0.39 is 48.5 Å². The molecule has 9 nitrogen and oxygen atoms in total. The summed E-state index contributed by atoms with van der Waals surface area (Å²) in [6, 6.07) is 24.9. The fraction of sp³-hybridized carbons (Fsp3) is 0. The first-order chi connectivity index (χ1) is 18.9. The molecule has 0 bridgehead atoms. The first-order valence-electron chi connectivity index (χ1n) is 11.2. The van der Waals surface area contributed by atoms with Crippen molar-refractivity contribution in [3.05, 3.63) is 155 Å². The molecule has 186 valence electrons. The average Bonchev–Trinajstić information content (AvgIpc) is 2.94. The number of hydrogen-bond donors (Lipinski definition) is 0. The Kier molecular flexibility index (Phi) is 7.73. The van der Waals surface area contributed by atoms with E-state index in [2.05, 4.69) is 35.5 Å². The van der Waals surface area contributed by atoms with E-state index in [-0.39, 0.29) is 0 Å². The molecule has 0 aromatic heterocycles. The van der Waals surface area contributed by atoms with Crippen LogP contribution in [0.1, 0.15) is 33.4 Å². The topological polar surface area (TPSA) is 129 Å². The molecule has 4 rings (SSSR count). The van der Waals surface area contributed by atoms with Gasteiger partial charge in [-0.15, -0.1) is 0 Å². The van der Waals surface area contributed by atoms with Crippen molar-refractivity contribution in [2.24, 2.45) is 0 Å². The van der Waals surface area contributed by atoms with E-state index in [0.717, 1.165) is 0 Å². The molecule has 0 aliphatic heterocycles. The first-order valence-corrected chi connectivity index (χ1v) is 11.2. The zero-order valence-corrected chi connectivity index (χ0v) is 20.0. The zero-order chi connectivity index (χ0) is 27.8. The van der Waals surface area contributed by atoms with Crippen LogP contribution < -0.4 is 0 Å². The smallest absolute Gasteiger partial charge is 0.258 e. The molecule has 0 atom stereocenters. The highest BCUT2D eigenvalue weighted by Gasteiger charge is 2.40. The Labute approximate surface area is 222 Å². The van der Waals surface area contributed by atoms with Crippen LogP contribution in [0.15, 0.2) is 91.0 Å². The zero-order valence-electron chi connectivity index (χ0n) is 20.0. The van der Waals surface area contributed by atoms with Gasteiger partial charge in [0.05, 0.1) is 14.8 Å². The molecule has 0 aliphatic rings. The van der Waals surface area contributed by atoms with Crippen molar-refractivity contribution in [1.82, 2.24) is 0 Å². The summed E-state index contributed by atoms with van der Waals surface area (Å²) in [6.45, 7) is 0. The van der Waals surface area contributed by atoms with Crippen molar-refractivity contribution in [2.75, 3.05) is 0 Å². The number of hydrogen-bond acceptors (Lipinski definition) is 6. The molecule has 0 saturated carbocycles. The third-order valence-electron chi connectivity index (χ3n) is 5.29. The molecule has 4 aromatic carbocycles. The van der Waals surface area contributed by atoms with Crippen molar-refractivity contribution in [1.29, 1.82) is 0 Å². The third-order valence-corrected chi connectivity index (χ3v) is 5.29. The maximum atomic E-state index is 12.3. The second-order valence-corrected chi connectivity index (χ2v) is 7.79. The summed E-state index contributed by atoms with van der Waals surface area (Å²) in [5, 5.41) is 36.9. The number of nitro groups is 3. The van der Waals surface area contributed by atoms with Gasteiger partial charge in [0.15, 0.2) is 16.7 Å². The van der Waals surface area contributed by atoms with Gasteiger partial charge in [-0.2, -0.15) is 0 Å². The second-order valence-electron chi connectivity index (χ2n) is 7.79. The van der Waals surface area contributed by atoms with E-state index in [1.165, 1.54) is 0 Å². The van der Waals surface area contributed by atoms with Gasteiger partial charge in [0.1, 0.15) is 0 Å². The van der Waals surface area contributed by atoms with E-state index in [1.807, 2.05) is 0 Å². The van der Waals surface area contributed by atoms with Crippen LogP contribution in [0, 0.1) is 65.9 Å². The molecule has 0 saturated heterocycles. The molecule has 4 aromatic rings. The highest BCUT2D eigenvalue weighted by Crippen LogP contribution is 2.42. The maximum absolute atomic E-state index is 12.3. The Bertz CT molecular complexity index is 1550. The number of rotatable bonds is 3. The standard InChI is InChI=1S/C30H15N3O6/c34-31(35)28-25(19-16-22-10-4-1-5-11-22)29(32(36)37)27(21-18-24-14-8-3-9-15-24)30(33(38)39)26(28)20-17-23-12-6-2-7-13-23/h1-15H. The number of benzene rings is 4. The van der Waals surface area contributed by atoms with Crippen LogP contribution in [-0.2, 0) is 0 Å². The van der Waals surface area contributed by atoms with Crippen LogP contribution in [0.25, 0.3) is 0 Å². The minimum atomic E-state index is -0.946. The van der Waals surface area contributed by atoms with Gasteiger partial charge in [-0.1, -0.05) is 72.4 Å². The van der Waals surface area contributed by atoms with Gasteiger partial charge in [-0.05, 0) is 54.2 Å². The fourth-order valence-electron chi connectivity index (χ4n) is 3.58. The SMILES string of the molecule is O=[N+]([O-])c1c(C#Cc2ccccc2)c([N+](=O)[O-])c(C#Cc2ccccc2)c([N+](=O)[O-])c1C#Cc1ccccc1. The van der Waals surface area contributed by atoms with E-state index in [9.17, 15) is 30.3 Å². The van der Waals surface area contributed by atoms with Gasteiger partial charge in [0.25, 0.3) is 0 Å². The summed E-state index contributed by atoms with van der Waals surface area (Å²) in [4.78, 5) is 34.0. The summed E-state index contributed by atoms with van der Waals surface area (Å²) >= 11 is 0. The summed E-state index contributed by atoms with van der Waals surface area (Å²) in [6.07, 6.45) is 0. The number of nitro benzene ring substituents is 3. The molecule has 0 spiro atoms. The van der Waals surface area contributed by atoms with Crippen molar-refractivity contribution < 1.29 is 14.8 Å². The van der Waals surface area contributed by atoms with Crippen LogP contribution in [0.3, 0.4) is 0 Å². The molecule has 0 aliphatic carbocycles. The highest BCUT2D eigenvalue weighted by atomic mass is 16.6. The normalized spacial score (nSPS) is 9.54. The molecule has 0 radical (unpaired) electrons. The Morgan fingerprint density at radius 1 is 0.385 bits per heavy atom. The summed E-state index contributed by atoms with van der Waals surface area (Å²) in [7, 11) is 0. The third kappa shape index (κ3) is 5.95. The van der Waals surface area contributed by atoms with Gasteiger partial charge in [0, 0.05) is 16.7 Å². The first kappa shape index (κ1) is 25.8. The van der Waals surface area contributed by atoms with Crippen LogP contribution in [0.2, 0.25) is 0 Å². The average molecular weight is 513 g/mol. The van der Waals surface area contributed by atoms with E-state index in [4.69, 9.17) is 0 Å². The predicted octanol–water partition coefficient (Wildman–Crippen LogP) is 5.61. The summed E-state index contributed by atoms with van der Waals surface area (Å²) in [5.74, 6) is 15.6. The van der Waals surface area contributed by atoms with Crippen LogP contribution in [0.5, 0.6) is 0 Å². The molecular weight excluding hydrogens is 498 g/mol. The Morgan fingerprint density at radius 3 is 0.821 bits per heavy atom. The molecule has 0 heterocycles. The van der Waals surface area contributed by atoms with Gasteiger partial charge in [-0.3, -0.25) is 30.3 Å². The van der Waals surface area contributed by atoms with E-state index >= 15 is 0 Å². The van der Waals surface area contributed by atoms with Gasteiger partial charge in [-0.25, -0.2) is 0 Å². The van der Waals surface area contributed by atoms with Gasteiger partial charge >= 0.3 is 17.1 Å². The van der Waals surface area contributed by atoms with Crippen LogP contribution in [0.4, 0.5) is 17.1 Å². The lowest BCUT2D eigenvalue weighted by Gasteiger charge is -2.06. The molecule has 0 N–H and O–H groups in total. The minimum absolute atomic E-state index is 0.424. The molecule has 39 heavy (non-hydrogen) atoms. The quantitative estimate of drug-likeness (QED) is 0.199. The molecule has 9 heteroatoms. The molecule has 0 fully saturated rings. The number of nitrogens with zero attached hydrogens (tertiary/aromatic N) is 3. The van der Waals surface area contributed by atoms with Crippen LogP contribution >= 0.6 is 0 Å². The Morgan fingerprint density at radius 2 is 0.615 bits per heavy atom. The fourth-order valence-corrected chi connectivity index (χ4v) is 3.58. The lowest BCUT2D eigenvalue weighted by molar-refractivity contribution is -0.404. The Balaban J connectivity index is 2.16. The largest absolute Gasteiger partial charge is 0.314 e. The van der Waals surface area contributed by atoms with Crippen molar-refractivity contribution in [3.8, 4) is 35.5 Å². The van der Waals surface area contributed by atoms with E-state index in [0.29, 0.717) is 16.7 Å². The van der Waals surface area contributed by atoms with Crippen molar-refractivity contribution >= 4 is 17.1 Å². The van der Waals surface area contributed by atoms with E-state index in [1.54, 1.807) is 91.0 Å². The van der Waals surface area contributed by atoms with Crippen LogP contribution in [-0.4, -0.2) is 14.8 Å². The lowest BCUT2D eigenvalue weighted by Crippen LogP contribution is -2.08. The van der Waals surface area contributed by atoms with Crippen molar-refractivity contribution in [3.63, 3.8) is 0 Å². The molecular formula is C30H15N3O6. The van der Waals surface area contributed by atoms with Gasteiger partial charge in [0.2, 0.25) is 0 Å². The van der Waals surface area contributed by atoms with Crippen molar-refractivity contribution in [2.45, 2.75) is 0 Å². The predicted molar refractivity (Wildman–Crippen MR) is 144 cm³/mol. The lowest BCUT2D eigenvalue weighted by atomic mass is 9.96. The Hall–Kier alpha value is -6.24. The second kappa shape index (κ2) is 11.7. The molecule has 0 unspecified atom stereocenters. The summed E-state index contributed by atoms with van der Waals surface area (Å²) in [5.41, 5.74) is -3.44.